The number of carbonyl (C=O) groups is 2. The normalized spacial score (nSPS) is 15.1. The molecule has 0 fully saturated rings. The van der Waals surface area contributed by atoms with Gasteiger partial charge in [-0.2, -0.15) is 20.3 Å². The largest absolute Gasteiger partial charge is 0.505 e. The molecule has 1 heterocycles. The number of hydrogen-bond acceptors (Lipinski definition) is 10. The van der Waals surface area contributed by atoms with E-state index in [2.05, 4.69) is 20.1 Å². The summed E-state index contributed by atoms with van der Waals surface area (Å²) in [6.45, 7) is 1.50. The third-order valence-electron chi connectivity index (χ3n) is 5.32. The first-order chi connectivity index (χ1) is 18.0. The maximum atomic E-state index is 13.0. The molecule has 1 aliphatic heterocycles. The number of phenolic OH excluding ortho intramolecular Hbond substituents is 1. The van der Waals surface area contributed by atoms with E-state index in [1.165, 1.54) is 61.5 Å². The van der Waals surface area contributed by atoms with Crippen LogP contribution in [0.4, 0.5) is 22.7 Å². The maximum absolute atomic E-state index is 13.0. The summed E-state index contributed by atoms with van der Waals surface area (Å²) < 4.78 is 28.2. The Morgan fingerprint density at radius 1 is 1.13 bits per heavy atom. The molecule has 14 nitrogen and oxygen atoms in total. The zero-order valence-corrected chi connectivity index (χ0v) is 23.2. The average Bonchev–Trinajstić information content (AvgIpc) is 3.16. The van der Waals surface area contributed by atoms with Crippen molar-refractivity contribution in [1.82, 2.24) is 0 Å². The summed E-state index contributed by atoms with van der Waals surface area (Å²) in [5.41, 5.74) is -0.504. The summed E-state index contributed by atoms with van der Waals surface area (Å²) in [5, 5.41) is 42.9. The third-order valence-corrected chi connectivity index (χ3v) is 6.68. The van der Waals surface area contributed by atoms with Crippen LogP contribution in [0.25, 0.3) is 0 Å². The second kappa shape index (κ2) is 11.7. The molecule has 3 N–H and O–H groups in total. The topological polar surface area (TPSA) is 204 Å². The number of aromatic hydroxyl groups is 1. The van der Waals surface area contributed by atoms with Gasteiger partial charge in [-0.25, -0.2) is 13.2 Å². The van der Waals surface area contributed by atoms with Crippen molar-refractivity contribution in [2.24, 2.45) is 15.3 Å². The summed E-state index contributed by atoms with van der Waals surface area (Å²) >= 11 is 0. The van der Waals surface area contributed by atoms with Crippen molar-refractivity contribution in [2.45, 2.75) is 17.9 Å². The van der Waals surface area contributed by atoms with Gasteiger partial charge >= 0.3 is 5.97 Å². The number of azo groups is 1. The van der Waals surface area contributed by atoms with E-state index >= 15 is 0 Å². The van der Waals surface area contributed by atoms with Crippen LogP contribution in [0.2, 0.25) is 0 Å². The molecule has 0 aromatic heterocycles. The van der Waals surface area contributed by atoms with E-state index in [1.807, 2.05) is 0 Å². The molecular formula is C23H18N6NaO8S. The Hall–Kier alpha value is -4.18. The fourth-order valence-corrected chi connectivity index (χ4v) is 4.57. The van der Waals surface area contributed by atoms with Crippen molar-refractivity contribution in [3.05, 3.63) is 82.4 Å². The predicted molar refractivity (Wildman–Crippen MR) is 140 cm³/mol. The minimum absolute atomic E-state index is 0. The summed E-state index contributed by atoms with van der Waals surface area (Å²) in [6, 6.07) is 12.8. The Morgan fingerprint density at radius 3 is 2.51 bits per heavy atom. The number of carboxylic acids is 1. The number of nitro benzene ring substituents is 1. The number of aromatic carboxylic acids is 1. The number of nitro groups is 1. The standard InChI is InChI=1S/C23H18N6O8S.Na/c1-13-21(25-24-19-10-9-15(29(34)35)12-20(19)30)22(31)28(26-13)14-5-4-6-16(11-14)38(36,37)27-18-8-3-2-7-17(18)23(32)33;/h2-12,21,27,30H,1H3,(H,32,33);. The number of non-ortho nitro benzene ring substituents is 1. The average molecular weight is 561 g/mol. The van der Waals surface area contributed by atoms with Crippen molar-refractivity contribution in [3.8, 4) is 5.75 Å². The smallest absolute Gasteiger partial charge is 0.337 e. The number of hydrogen-bond donors (Lipinski definition) is 3. The number of hydrazone groups is 1. The fourth-order valence-electron chi connectivity index (χ4n) is 3.45. The van der Waals surface area contributed by atoms with Crippen molar-refractivity contribution < 1.29 is 33.1 Å². The number of carbonyl (C=O) groups excluding carboxylic acids is 1. The van der Waals surface area contributed by atoms with Gasteiger partial charge in [-0.15, -0.1) is 0 Å². The molecule has 0 saturated carbocycles. The first-order valence-corrected chi connectivity index (χ1v) is 12.2. The first-order valence-electron chi connectivity index (χ1n) is 10.7. The van der Waals surface area contributed by atoms with Crippen LogP contribution < -0.4 is 9.73 Å². The fraction of sp³-hybridized carbons (Fsp3) is 0.0870. The Labute approximate surface area is 243 Å². The van der Waals surface area contributed by atoms with Gasteiger partial charge in [-0.05, 0) is 43.3 Å². The van der Waals surface area contributed by atoms with Gasteiger partial charge in [-0.1, -0.05) is 18.2 Å². The van der Waals surface area contributed by atoms with Crippen LogP contribution >= 0.6 is 0 Å². The van der Waals surface area contributed by atoms with Crippen LogP contribution in [-0.2, 0) is 14.8 Å². The molecule has 3 aromatic rings. The van der Waals surface area contributed by atoms with Gasteiger partial charge in [0.1, 0.15) is 11.4 Å². The van der Waals surface area contributed by atoms with Gasteiger partial charge in [0.15, 0.2) is 6.04 Å². The number of phenols is 1. The molecule has 0 spiro atoms. The quantitative estimate of drug-likeness (QED) is 0.161. The number of sulfonamides is 1. The third kappa shape index (κ3) is 6.28. The van der Waals surface area contributed by atoms with Crippen molar-refractivity contribution >= 4 is 79.9 Å². The van der Waals surface area contributed by atoms with Crippen LogP contribution in [0.1, 0.15) is 17.3 Å². The maximum Gasteiger partial charge on any atom is 0.337 e. The molecule has 195 valence electrons. The molecule has 1 unspecified atom stereocenters. The second-order valence-electron chi connectivity index (χ2n) is 7.89. The van der Waals surface area contributed by atoms with Crippen LogP contribution in [0.3, 0.4) is 0 Å². The second-order valence-corrected chi connectivity index (χ2v) is 9.58. The Morgan fingerprint density at radius 2 is 1.85 bits per heavy atom. The number of benzene rings is 3. The van der Waals surface area contributed by atoms with Gasteiger partial charge in [0, 0.05) is 35.6 Å². The minimum Gasteiger partial charge on any atom is -0.505 e. The van der Waals surface area contributed by atoms with Crippen molar-refractivity contribution in [2.75, 3.05) is 9.73 Å². The molecule has 39 heavy (non-hydrogen) atoms. The zero-order valence-electron chi connectivity index (χ0n) is 20.4. The van der Waals surface area contributed by atoms with Gasteiger partial charge < -0.3 is 10.2 Å². The number of carboxylic acid groups (broad SMARTS) is 1. The molecule has 0 aliphatic carbocycles. The number of para-hydroxylation sites is 1. The summed E-state index contributed by atoms with van der Waals surface area (Å²) in [7, 11) is -4.24. The summed E-state index contributed by atoms with van der Waals surface area (Å²) in [5.74, 6) is -2.48. The van der Waals surface area contributed by atoms with E-state index in [4.69, 9.17) is 0 Å². The summed E-state index contributed by atoms with van der Waals surface area (Å²) in [6.07, 6.45) is 0. The van der Waals surface area contributed by atoms with Crippen LogP contribution in [0, 0.1) is 10.1 Å². The molecule has 0 bridgehead atoms. The summed E-state index contributed by atoms with van der Waals surface area (Å²) in [4.78, 5) is 34.3. The van der Waals surface area contributed by atoms with E-state index in [0.717, 1.165) is 17.1 Å². The van der Waals surface area contributed by atoms with Crippen molar-refractivity contribution in [1.29, 1.82) is 0 Å². The van der Waals surface area contributed by atoms with E-state index in [1.54, 1.807) is 0 Å². The van der Waals surface area contributed by atoms with Gasteiger partial charge in [-0.3, -0.25) is 19.6 Å². The Balaban J connectivity index is 0.00000420. The van der Waals surface area contributed by atoms with Gasteiger partial charge in [0.2, 0.25) is 0 Å². The predicted octanol–water partition coefficient (Wildman–Crippen LogP) is 3.29. The van der Waals surface area contributed by atoms with Gasteiger partial charge in [0.25, 0.3) is 21.6 Å². The molecule has 1 atom stereocenters. The molecule has 1 amide bonds. The molecular weight excluding hydrogens is 543 g/mol. The SMILES string of the molecule is CC1=NN(c2cccc(S(=O)(=O)Nc3ccccc3C(=O)O)c2)C(=O)C1N=Nc1ccc([N+](=O)[O-])cc1O.[Na]. The monoisotopic (exact) mass is 561 g/mol. The number of amides is 1. The molecule has 16 heteroatoms. The van der Waals surface area contributed by atoms with Crippen molar-refractivity contribution in [3.63, 3.8) is 0 Å². The van der Waals surface area contributed by atoms with Crippen LogP contribution in [0.15, 0.2) is 87.0 Å². The van der Waals surface area contributed by atoms with Crippen LogP contribution in [0.5, 0.6) is 5.75 Å². The number of nitrogens with one attached hydrogen (secondary N) is 1. The number of rotatable bonds is 8. The zero-order chi connectivity index (χ0) is 27.6. The molecule has 0 saturated heterocycles. The Bertz CT molecular complexity index is 1640. The number of nitrogens with zero attached hydrogens (tertiary/aromatic N) is 5. The minimum atomic E-state index is -4.24. The van der Waals surface area contributed by atoms with E-state index < -0.39 is 38.6 Å². The number of anilines is 2. The Kier molecular flexibility index (Phi) is 8.81. The van der Waals surface area contributed by atoms with Gasteiger partial charge in [0.05, 0.1) is 38.5 Å². The molecule has 1 radical (unpaired) electrons. The molecule has 3 aromatic carbocycles. The van der Waals surface area contributed by atoms with E-state index in [-0.39, 0.29) is 68.5 Å². The van der Waals surface area contributed by atoms with E-state index in [9.17, 15) is 38.3 Å². The first kappa shape index (κ1) is 29.4. The van der Waals surface area contributed by atoms with E-state index in [0.29, 0.717) is 0 Å². The molecule has 4 rings (SSSR count). The van der Waals surface area contributed by atoms with Crippen LogP contribution in [-0.4, -0.2) is 76.7 Å². The molecule has 1 aliphatic rings.